The molecule has 1 aliphatic heterocycles. The molecule has 0 saturated heterocycles. The second-order valence-electron chi connectivity index (χ2n) is 5.48. The van der Waals surface area contributed by atoms with Crippen LogP contribution in [0, 0.1) is 0 Å². The maximum absolute atomic E-state index is 12.7. The van der Waals surface area contributed by atoms with E-state index in [0.717, 1.165) is 11.3 Å². The van der Waals surface area contributed by atoms with Gasteiger partial charge in [-0.3, -0.25) is 4.79 Å². The number of phenolic OH excluding ortho intramolecular Hbond substituents is 1. The monoisotopic (exact) mass is 400 g/mol. The Balaban J connectivity index is 1.97. The number of hydrogen-bond acceptors (Lipinski definition) is 4. The summed E-state index contributed by atoms with van der Waals surface area (Å²) in [5.41, 5.74) is 2.60. The van der Waals surface area contributed by atoms with Gasteiger partial charge in [0.05, 0.1) is 28.1 Å². The van der Waals surface area contributed by atoms with Crippen LogP contribution in [0.25, 0.3) is 6.08 Å². The summed E-state index contributed by atoms with van der Waals surface area (Å²) in [6.07, 6.45) is 1.75. The fourth-order valence-corrected chi connectivity index (χ4v) is 3.00. The zero-order valence-electron chi connectivity index (χ0n) is 13.9. The van der Waals surface area contributed by atoms with Gasteiger partial charge in [0.15, 0.2) is 11.5 Å². The molecule has 0 saturated carbocycles. The molecule has 3 rings (SSSR count). The van der Waals surface area contributed by atoms with Gasteiger partial charge in [-0.2, -0.15) is 10.1 Å². The molecule has 2 aromatic carbocycles. The van der Waals surface area contributed by atoms with Gasteiger partial charge in [0.25, 0.3) is 5.91 Å². The summed E-state index contributed by atoms with van der Waals surface area (Å²) >= 11 is 3.31. The summed E-state index contributed by atoms with van der Waals surface area (Å²) < 4.78 is 5.94. The third kappa shape index (κ3) is 3.44. The van der Waals surface area contributed by atoms with Crippen molar-refractivity contribution in [1.29, 1.82) is 0 Å². The Bertz CT molecular complexity index is 876. The molecule has 0 unspecified atom stereocenters. The van der Waals surface area contributed by atoms with Crippen LogP contribution in [0.15, 0.2) is 57.6 Å². The first-order valence-corrected chi connectivity index (χ1v) is 8.62. The molecular weight excluding hydrogens is 384 g/mol. The SMILES string of the molecule is CCOc1cc(/C=C2\C(=O)N(c3ccccc3)N=C2C)cc(Br)c1O. The predicted octanol–water partition coefficient (Wildman–Crippen LogP) is 4.36. The number of phenols is 1. The van der Waals surface area contributed by atoms with Crippen LogP contribution in [-0.2, 0) is 4.79 Å². The fraction of sp³-hybridized carbons (Fsp3) is 0.158. The lowest BCUT2D eigenvalue weighted by molar-refractivity contribution is -0.114. The minimum absolute atomic E-state index is 0.0399. The first-order valence-electron chi connectivity index (χ1n) is 7.83. The minimum Gasteiger partial charge on any atom is -0.503 e. The number of nitrogens with zero attached hydrogens (tertiary/aromatic N) is 2. The first-order chi connectivity index (χ1) is 12.0. The lowest BCUT2D eigenvalue weighted by atomic mass is 10.1. The van der Waals surface area contributed by atoms with Crippen LogP contribution in [0.2, 0.25) is 0 Å². The number of hydrogen-bond donors (Lipinski definition) is 1. The van der Waals surface area contributed by atoms with Gasteiger partial charge in [0.1, 0.15) is 0 Å². The van der Waals surface area contributed by atoms with Gasteiger partial charge in [0, 0.05) is 0 Å². The average Bonchev–Trinajstić information content (AvgIpc) is 2.88. The quantitative estimate of drug-likeness (QED) is 0.775. The Kier molecular flexibility index (Phi) is 4.90. The molecule has 0 radical (unpaired) electrons. The topological polar surface area (TPSA) is 62.1 Å². The molecule has 0 aromatic heterocycles. The first kappa shape index (κ1) is 17.2. The summed E-state index contributed by atoms with van der Waals surface area (Å²) in [5, 5.41) is 15.8. The number of halogens is 1. The highest BCUT2D eigenvalue weighted by Gasteiger charge is 2.28. The second kappa shape index (κ2) is 7.11. The van der Waals surface area contributed by atoms with Crippen molar-refractivity contribution in [3.8, 4) is 11.5 Å². The van der Waals surface area contributed by atoms with E-state index in [0.29, 0.717) is 28.1 Å². The lowest BCUT2D eigenvalue weighted by Crippen LogP contribution is -2.21. The number of anilines is 1. The number of carbonyl (C=O) groups is 1. The van der Waals surface area contributed by atoms with Crippen LogP contribution in [0.5, 0.6) is 11.5 Å². The van der Waals surface area contributed by atoms with Gasteiger partial charge < -0.3 is 9.84 Å². The van der Waals surface area contributed by atoms with E-state index < -0.39 is 0 Å². The van der Waals surface area contributed by atoms with Crippen molar-refractivity contribution in [2.24, 2.45) is 5.10 Å². The third-order valence-electron chi connectivity index (χ3n) is 3.72. The van der Waals surface area contributed by atoms with Crippen LogP contribution in [0.3, 0.4) is 0 Å². The predicted molar refractivity (Wildman–Crippen MR) is 102 cm³/mol. The smallest absolute Gasteiger partial charge is 0.280 e. The number of carbonyl (C=O) groups excluding carboxylic acids is 1. The number of ether oxygens (including phenoxy) is 1. The van der Waals surface area contributed by atoms with Gasteiger partial charge in [-0.15, -0.1) is 0 Å². The van der Waals surface area contributed by atoms with Gasteiger partial charge in [0.2, 0.25) is 0 Å². The largest absolute Gasteiger partial charge is 0.503 e. The molecule has 0 aliphatic carbocycles. The Morgan fingerprint density at radius 3 is 2.68 bits per heavy atom. The number of amides is 1. The molecule has 5 nitrogen and oxygen atoms in total. The highest BCUT2D eigenvalue weighted by molar-refractivity contribution is 9.10. The number of aromatic hydroxyl groups is 1. The molecule has 128 valence electrons. The molecule has 1 amide bonds. The van der Waals surface area contributed by atoms with E-state index in [1.54, 1.807) is 25.1 Å². The van der Waals surface area contributed by atoms with Crippen LogP contribution >= 0.6 is 15.9 Å². The zero-order valence-corrected chi connectivity index (χ0v) is 15.4. The normalized spacial score (nSPS) is 15.6. The highest BCUT2D eigenvalue weighted by atomic mass is 79.9. The highest BCUT2D eigenvalue weighted by Crippen LogP contribution is 2.36. The molecule has 1 aliphatic rings. The second-order valence-corrected chi connectivity index (χ2v) is 6.33. The fourth-order valence-electron chi connectivity index (χ4n) is 2.54. The number of para-hydroxylation sites is 1. The van der Waals surface area contributed by atoms with Crippen molar-refractivity contribution in [2.45, 2.75) is 13.8 Å². The van der Waals surface area contributed by atoms with Crippen LogP contribution < -0.4 is 9.75 Å². The zero-order chi connectivity index (χ0) is 18.0. The van der Waals surface area contributed by atoms with E-state index in [-0.39, 0.29) is 11.7 Å². The maximum Gasteiger partial charge on any atom is 0.280 e. The van der Waals surface area contributed by atoms with E-state index in [1.807, 2.05) is 37.3 Å². The summed E-state index contributed by atoms with van der Waals surface area (Å²) in [6.45, 7) is 4.07. The average molecular weight is 401 g/mol. The molecule has 2 aromatic rings. The Labute approximate surface area is 154 Å². The van der Waals surface area contributed by atoms with Crippen LogP contribution in [-0.4, -0.2) is 23.3 Å². The maximum atomic E-state index is 12.7. The summed E-state index contributed by atoms with van der Waals surface area (Å²) in [7, 11) is 0. The molecule has 1 heterocycles. The van der Waals surface area contributed by atoms with Crippen molar-refractivity contribution in [2.75, 3.05) is 11.6 Å². The van der Waals surface area contributed by atoms with Gasteiger partial charge in [-0.1, -0.05) is 18.2 Å². The summed E-state index contributed by atoms with van der Waals surface area (Å²) in [5.74, 6) is 0.215. The molecular formula is C19H17BrN2O3. The van der Waals surface area contributed by atoms with E-state index >= 15 is 0 Å². The van der Waals surface area contributed by atoms with E-state index in [1.165, 1.54) is 5.01 Å². The van der Waals surface area contributed by atoms with Gasteiger partial charge in [-0.25, -0.2) is 0 Å². The minimum atomic E-state index is -0.189. The molecule has 25 heavy (non-hydrogen) atoms. The van der Waals surface area contributed by atoms with Crippen LogP contribution in [0.1, 0.15) is 19.4 Å². The number of hydrazone groups is 1. The standard InChI is InChI=1S/C19H17BrN2O3/c1-3-25-17-11-13(10-16(20)18(17)23)9-15-12(2)21-22(19(15)24)14-7-5-4-6-8-14/h4-11,23H,3H2,1-2H3/b15-9-. The Morgan fingerprint density at radius 1 is 1.28 bits per heavy atom. The van der Waals surface area contributed by atoms with Crippen molar-refractivity contribution >= 4 is 39.3 Å². The molecule has 1 N–H and O–H groups in total. The van der Waals surface area contributed by atoms with Crippen molar-refractivity contribution in [3.63, 3.8) is 0 Å². The summed E-state index contributed by atoms with van der Waals surface area (Å²) in [6, 6.07) is 12.7. The van der Waals surface area contributed by atoms with Gasteiger partial charge >= 0.3 is 0 Å². The lowest BCUT2D eigenvalue weighted by Gasteiger charge is -2.11. The molecule has 0 spiro atoms. The van der Waals surface area contributed by atoms with E-state index in [2.05, 4.69) is 21.0 Å². The third-order valence-corrected chi connectivity index (χ3v) is 4.33. The summed E-state index contributed by atoms with van der Waals surface area (Å²) in [4.78, 5) is 12.7. The van der Waals surface area contributed by atoms with Crippen LogP contribution in [0.4, 0.5) is 5.69 Å². The molecule has 0 atom stereocenters. The molecule has 6 heteroatoms. The molecule has 0 bridgehead atoms. The number of rotatable bonds is 4. The number of benzene rings is 2. The van der Waals surface area contributed by atoms with E-state index in [9.17, 15) is 9.90 Å². The molecule has 0 fully saturated rings. The Hall–Kier alpha value is -2.60. The van der Waals surface area contributed by atoms with E-state index in [4.69, 9.17) is 4.74 Å². The van der Waals surface area contributed by atoms with Crippen molar-refractivity contribution in [1.82, 2.24) is 0 Å². The van der Waals surface area contributed by atoms with Crippen molar-refractivity contribution in [3.05, 3.63) is 58.1 Å². The van der Waals surface area contributed by atoms with Gasteiger partial charge in [-0.05, 0) is 65.7 Å². The Morgan fingerprint density at radius 2 is 2.00 bits per heavy atom. The van der Waals surface area contributed by atoms with Crippen molar-refractivity contribution < 1.29 is 14.6 Å².